The summed E-state index contributed by atoms with van der Waals surface area (Å²) >= 11 is 3.57. The van der Waals surface area contributed by atoms with Crippen LogP contribution in [0.2, 0.25) is 0 Å². The van der Waals surface area contributed by atoms with Gasteiger partial charge in [0.05, 0.1) is 6.61 Å². The topological polar surface area (TPSA) is 20.2 Å². The highest BCUT2D eigenvalue weighted by atomic mass is 79.9. The lowest BCUT2D eigenvalue weighted by molar-refractivity contribution is 0.264. The van der Waals surface area contributed by atoms with Gasteiger partial charge in [0.1, 0.15) is 0 Å². The van der Waals surface area contributed by atoms with E-state index in [2.05, 4.69) is 54.0 Å². The van der Waals surface area contributed by atoms with Gasteiger partial charge >= 0.3 is 0 Å². The maximum Gasteiger partial charge on any atom is 0.0503 e. The molecule has 0 amide bonds. The lowest BCUT2D eigenvalue weighted by atomic mass is 9.91. The molecule has 1 N–H and O–H groups in total. The van der Waals surface area contributed by atoms with Gasteiger partial charge in [-0.1, -0.05) is 52.3 Å². The number of aliphatic hydroxyl groups is 1. The third kappa shape index (κ3) is 3.46. The van der Waals surface area contributed by atoms with Gasteiger partial charge in [-0.3, -0.25) is 0 Å². The summed E-state index contributed by atoms with van der Waals surface area (Å²) in [4.78, 5) is 0. The van der Waals surface area contributed by atoms with Gasteiger partial charge in [0, 0.05) is 10.4 Å². The normalized spacial score (nSPS) is 12.4. The van der Waals surface area contributed by atoms with Crippen LogP contribution in [-0.2, 0) is 6.42 Å². The van der Waals surface area contributed by atoms with E-state index in [1.807, 2.05) is 18.2 Å². The molecule has 0 spiro atoms. The van der Waals surface area contributed by atoms with Gasteiger partial charge in [-0.15, -0.1) is 0 Å². The monoisotopic (exact) mass is 318 g/mol. The highest BCUT2D eigenvalue weighted by Crippen LogP contribution is 2.28. The van der Waals surface area contributed by atoms with E-state index in [0.717, 1.165) is 10.9 Å². The van der Waals surface area contributed by atoms with Crippen molar-refractivity contribution in [3.05, 3.63) is 69.2 Å². The third-order valence-corrected chi connectivity index (χ3v) is 4.34. The van der Waals surface area contributed by atoms with Crippen molar-refractivity contribution < 1.29 is 5.11 Å². The zero-order valence-corrected chi connectivity index (χ0v) is 12.9. The molecule has 2 aromatic carbocycles. The van der Waals surface area contributed by atoms with E-state index in [0.29, 0.717) is 0 Å². The third-order valence-electron chi connectivity index (χ3n) is 3.62. The fourth-order valence-corrected chi connectivity index (χ4v) is 2.90. The van der Waals surface area contributed by atoms with Gasteiger partial charge in [0.25, 0.3) is 0 Å². The molecule has 0 saturated heterocycles. The lowest BCUT2D eigenvalue weighted by Crippen LogP contribution is -2.08. The first-order valence-electron chi connectivity index (χ1n) is 6.53. The molecule has 0 aromatic heterocycles. The van der Waals surface area contributed by atoms with Gasteiger partial charge in [0.2, 0.25) is 0 Å². The Hall–Kier alpha value is -1.12. The highest BCUT2D eigenvalue weighted by Gasteiger charge is 2.14. The van der Waals surface area contributed by atoms with E-state index >= 15 is 0 Å². The molecule has 0 aliphatic rings. The molecular formula is C17H19BrO. The Morgan fingerprint density at radius 3 is 2.42 bits per heavy atom. The van der Waals surface area contributed by atoms with Gasteiger partial charge < -0.3 is 5.11 Å². The van der Waals surface area contributed by atoms with Gasteiger partial charge in [-0.25, -0.2) is 0 Å². The van der Waals surface area contributed by atoms with Crippen molar-refractivity contribution in [1.82, 2.24) is 0 Å². The maximum absolute atomic E-state index is 9.67. The van der Waals surface area contributed by atoms with Crippen LogP contribution in [0.1, 0.15) is 28.2 Å². The van der Waals surface area contributed by atoms with E-state index in [1.165, 1.54) is 22.3 Å². The van der Waals surface area contributed by atoms with Crippen molar-refractivity contribution in [3.8, 4) is 0 Å². The standard InChI is InChI=1S/C17H19BrO/c1-12-7-8-14(9-13(12)2)10-15(11-19)16-5-3-4-6-17(16)18/h3-9,15,19H,10-11H2,1-2H3. The van der Waals surface area contributed by atoms with Gasteiger partial charge in [-0.2, -0.15) is 0 Å². The molecule has 0 heterocycles. The number of rotatable bonds is 4. The minimum absolute atomic E-state index is 0.137. The largest absolute Gasteiger partial charge is 0.396 e. The minimum atomic E-state index is 0.137. The van der Waals surface area contributed by atoms with Crippen LogP contribution in [0.5, 0.6) is 0 Å². The van der Waals surface area contributed by atoms with Crippen molar-refractivity contribution in [2.24, 2.45) is 0 Å². The van der Waals surface area contributed by atoms with Crippen LogP contribution in [0.15, 0.2) is 46.9 Å². The first kappa shape index (κ1) is 14.3. The van der Waals surface area contributed by atoms with Crippen LogP contribution in [-0.4, -0.2) is 11.7 Å². The van der Waals surface area contributed by atoms with Crippen LogP contribution >= 0.6 is 15.9 Å². The fourth-order valence-electron chi connectivity index (χ4n) is 2.29. The summed E-state index contributed by atoms with van der Waals surface area (Å²) in [5.41, 5.74) is 5.06. The number of hydrogen-bond acceptors (Lipinski definition) is 1. The molecule has 0 aliphatic heterocycles. The molecule has 0 radical (unpaired) electrons. The number of hydrogen-bond donors (Lipinski definition) is 1. The first-order chi connectivity index (χ1) is 9.11. The highest BCUT2D eigenvalue weighted by molar-refractivity contribution is 9.10. The van der Waals surface area contributed by atoms with E-state index in [1.54, 1.807) is 0 Å². The second-order valence-electron chi connectivity index (χ2n) is 5.02. The quantitative estimate of drug-likeness (QED) is 0.886. The van der Waals surface area contributed by atoms with Crippen molar-refractivity contribution in [2.75, 3.05) is 6.61 Å². The van der Waals surface area contributed by atoms with E-state index < -0.39 is 0 Å². The molecule has 0 bridgehead atoms. The zero-order chi connectivity index (χ0) is 13.8. The Labute approximate surface area is 123 Å². The van der Waals surface area contributed by atoms with Crippen LogP contribution in [0.3, 0.4) is 0 Å². The van der Waals surface area contributed by atoms with Crippen LogP contribution < -0.4 is 0 Å². The average Bonchev–Trinajstić information content (AvgIpc) is 2.41. The Kier molecular flexibility index (Phi) is 4.78. The number of halogens is 1. The Balaban J connectivity index is 2.24. The summed E-state index contributed by atoms with van der Waals surface area (Å²) in [6, 6.07) is 14.6. The maximum atomic E-state index is 9.67. The molecule has 2 heteroatoms. The molecule has 100 valence electrons. The molecule has 1 nitrogen and oxygen atoms in total. The molecule has 19 heavy (non-hydrogen) atoms. The summed E-state index contributed by atoms with van der Waals surface area (Å²) < 4.78 is 1.07. The summed E-state index contributed by atoms with van der Waals surface area (Å²) in [5, 5.41) is 9.67. The molecular weight excluding hydrogens is 300 g/mol. The average molecular weight is 319 g/mol. The first-order valence-corrected chi connectivity index (χ1v) is 7.32. The lowest BCUT2D eigenvalue weighted by Gasteiger charge is -2.17. The van der Waals surface area contributed by atoms with Crippen molar-refractivity contribution in [1.29, 1.82) is 0 Å². The zero-order valence-electron chi connectivity index (χ0n) is 11.4. The SMILES string of the molecule is Cc1ccc(CC(CO)c2ccccc2Br)cc1C. The van der Waals surface area contributed by atoms with E-state index in [-0.39, 0.29) is 12.5 Å². The van der Waals surface area contributed by atoms with Gasteiger partial charge in [-0.05, 0) is 48.6 Å². The summed E-state index contributed by atoms with van der Waals surface area (Å²) in [5.74, 6) is 0.137. The molecule has 0 saturated carbocycles. The van der Waals surface area contributed by atoms with Crippen molar-refractivity contribution in [3.63, 3.8) is 0 Å². The Bertz CT molecular complexity index is 563. The Morgan fingerprint density at radius 2 is 1.79 bits per heavy atom. The summed E-state index contributed by atoms with van der Waals surface area (Å²) in [7, 11) is 0. The predicted octanol–water partition coefficient (Wildman–Crippen LogP) is 4.38. The fraction of sp³-hybridized carbons (Fsp3) is 0.294. The number of benzene rings is 2. The van der Waals surface area contributed by atoms with Crippen molar-refractivity contribution in [2.45, 2.75) is 26.2 Å². The molecule has 1 unspecified atom stereocenters. The second-order valence-corrected chi connectivity index (χ2v) is 5.88. The molecule has 0 fully saturated rings. The summed E-state index contributed by atoms with van der Waals surface area (Å²) in [6.45, 7) is 4.41. The van der Waals surface area contributed by atoms with Gasteiger partial charge in [0.15, 0.2) is 0 Å². The van der Waals surface area contributed by atoms with Crippen molar-refractivity contribution >= 4 is 15.9 Å². The molecule has 2 rings (SSSR count). The molecule has 0 aliphatic carbocycles. The van der Waals surface area contributed by atoms with E-state index in [4.69, 9.17) is 0 Å². The van der Waals surface area contributed by atoms with E-state index in [9.17, 15) is 5.11 Å². The Morgan fingerprint density at radius 1 is 1.05 bits per heavy atom. The smallest absolute Gasteiger partial charge is 0.0503 e. The van der Waals surface area contributed by atoms with Crippen LogP contribution in [0, 0.1) is 13.8 Å². The minimum Gasteiger partial charge on any atom is -0.396 e. The predicted molar refractivity (Wildman–Crippen MR) is 83.6 cm³/mol. The summed E-state index contributed by atoms with van der Waals surface area (Å²) in [6.07, 6.45) is 0.861. The van der Waals surface area contributed by atoms with Crippen LogP contribution in [0.25, 0.3) is 0 Å². The number of aryl methyl sites for hydroxylation is 2. The number of aliphatic hydroxyl groups excluding tert-OH is 1. The molecule has 2 aromatic rings. The second kappa shape index (κ2) is 6.36. The van der Waals surface area contributed by atoms with Crippen LogP contribution in [0.4, 0.5) is 0 Å². The molecule has 1 atom stereocenters.